The lowest BCUT2D eigenvalue weighted by Gasteiger charge is -2.15. The molecule has 178 valence electrons. The zero-order valence-corrected chi connectivity index (χ0v) is 21.0. The van der Waals surface area contributed by atoms with Crippen molar-refractivity contribution in [3.05, 3.63) is 87.4 Å². The van der Waals surface area contributed by atoms with Crippen molar-refractivity contribution < 1.29 is 17.9 Å². The van der Waals surface area contributed by atoms with Gasteiger partial charge in [-0.2, -0.15) is 0 Å². The summed E-state index contributed by atoms with van der Waals surface area (Å²) in [7, 11) is -2.10. The Labute approximate surface area is 210 Å². The molecule has 0 bridgehead atoms. The van der Waals surface area contributed by atoms with Crippen LogP contribution in [-0.4, -0.2) is 22.1 Å². The molecule has 0 aliphatic heterocycles. The normalized spacial score (nSPS) is 11.0. The van der Waals surface area contributed by atoms with Crippen molar-refractivity contribution in [1.82, 2.24) is 5.32 Å². The molecule has 0 aromatic heterocycles. The van der Waals surface area contributed by atoms with Crippen molar-refractivity contribution in [1.29, 1.82) is 0 Å². The smallest absolute Gasteiger partial charge is 0.238 e. The highest BCUT2D eigenvalue weighted by atomic mass is 35.5. The minimum absolute atomic E-state index is 0. The van der Waals surface area contributed by atoms with Crippen LogP contribution in [0.4, 0.5) is 0 Å². The highest BCUT2D eigenvalue weighted by molar-refractivity contribution is 7.89. The van der Waals surface area contributed by atoms with Crippen molar-refractivity contribution in [2.45, 2.75) is 24.5 Å². The van der Waals surface area contributed by atoms with E-state index in [-0.39, 0.29) is 17.3 Å². The van der Waals surface area contributed by atoms with Gasteiger partial charge in [0.15, 0.2) is 11.5 Å². The third-order valence-electron chi connectivity index (χ3n) is 4.76. The number of methoxy groups -OCH3 is 1. The number of primary sulfonamides is 1. The average molecular weight is 532 g/mol. The number of nitrogens with two attached hydrogens (primary N) is 1. The molecule has 33 heavy (non-hydrogen) atoms. The molecule has 3 aromatic carbocycles. The molecule has 0 atom stereocenters. The number of sulfonamides is 1. The predicted molar refractivity (Wildman–Crippen MR) is 134 cm³/mol. The summed E-state index contributed by atoms with van der Waals surface area (Å²) in [6.45, 7) is 1.63. The number of nitrogens with one attached hydrogen (secondary N) is 1. The third kappa shape index (κ3) is 8.07. The van der Waals surface area contributed by atoms with Gasteiger partial charge in [-0.05, 0) is 66.1 Å². The van der Waals surface area contributed by atoms with E-state index in [0.29, 0.717) is 41.2 Å². The Bertz CT molecular complexity index is 1160. The van der Waals surface area contributed by atoms with Gasteiger partial charge in [0, 0.05) is 11.6 Å². The van der Waals surface area contributed by atoms with Crippen LogP contribution in [0, 0.1) is 0 Å². The van der Waals surface area contributed by atoms with E-state index in [2.05, 4.69) is 5.32 Å². The fourth-order valence-corrected chi connectivity index (χ4v) is 3.99. The van der Waals surface area contributed by atoms with E-state index in [0.717, 1.165) is 23.1 Å². The molecule has 0 amide bonds. The number of hydrogen-bond acceptors (Lipinski definition) is 5. The molecular formula is C23H25Cl3N2O4S. The van der Waals surface area contributed by atoms with Crippen LogP contribution in [0.1, 0.15) is 16.7 Å². The van der Waals surface area contributed by atoms with E-state index >= 15 is 0 Å². The zero-order valence-electron chi connectivity index (χ0n) is 17.9. The molecule has 3 aromatic rings. The monoisotopic (exact) mass is 530 g/mol. The van der Waals surface area contributed by atoms with Crippen LogP contribution in [0.15, 0.2) is 65.6 Å². The van der Waals surface area contributed by atoms with Crippen LogP contribution in [0.5, 0.6) is 11.5 Å². The van der Waals surface area contributed by atoms with Gasteiger partial charge in [0.1, 0.15) is 6.61 Å². The van der Waals surface area contributed by atoms with Gasteiger partial charge < -0.3 is 14.8 Å². The molecule has 0 spiro atoms. The summed E-state index contributed by atoms with van der Waals surface area (Å²) in [5, 5.41) is 9.60. The minimum atomic E-state index is -3.67. The second-order valence-electron chi connectivity index (χ2n) is 7.14. The van der Waals surface area contributed by atoms with Gasteiger partial charge in [-0.15, -0.1) is 12.4 Å². The SMILES string of the molecule is COc1cc(CNCCc2ccc(S(N)(=O)=O)cc2)cc(Cl)c1OCc1ccc(Cl)cc1.Cl. The molecule has 3 N–H and O–H groups in total. The highest BCUT2D eigenvalue weighted by Gasteiger charge is 2.13. The van der Waals surface area contributed by atoms with Gasteiger partial charge in [0.05, 0.1) is 17.0 Å². The summed E-state index contributed by atoms with van der Waals surface area (Å²) in [5.41, 5.74) is 2.93. The molecule has 0 radical (unpaired) electrons. The lowest BCUT2D eigenvalue weighted by atomic mass is 10.1. The molecule has 0 aliphatic carbocycles. The molecule has 0 unspecified atom stereocenters. The summed E-state index contributed by atoms with van der Waals surface area (Å²) in [4.78, 5) is 0.106. The first-order valence-corrected chi connectivity index (χ1v) is 12.1. The van der Waals surface area contributed by atoms with E-state index in [9.17, 15) is 8.42 Å². The van der Waals surface area contributed by atoms with E-state index < -0.39 is 10.0 Å². The van der Waals surface area contributed by atoms with Crippen molar-refractivity contribution in [3.8, 4) is 11.5 Å². The zero-order chi connectivity index (χ0) is 23.1. The first-order valence-electron chi connectivity index (χ1n) is 9.82. The fraction of sp³-hybridized carbons (Fsp3) is 0.217. The highest BCUT2D eigenvalue weighted by Crippen LogP contribution is 2.37. The lowest BCUT2D eigenvalue weighted by Crippen LogP contribution is -2.17. The number of halogens is 3. The third-order valence-corrected chi connectivity index (χ3v) is 6.22. The first-order chi connectivity index (χ1) is 15.3. The van der Waals surface area contributed by atoms with E-state index in [4.69, 9.17) is 37.8 Å². The molecule has 0 saturated heterocycles. The Balaban J connectivity index is 0.00000385. The van der Waals surface area contributed by atoms with Crippen molar-refractivity contribution in [3.63, 3.8) is 0 Å². The number of benzene rings is 3. The van der Waals surface area contributed by atoms with Gasteiger partial charge in [-0.25, -0.2) is 13.6 Å². The number of hydrogen-bond donors (Lipinski definition) is 2. The Morgan fingerprint density at radius 2 is 1.58 bits per heavy atom. The summed E-state index contributed by atoms with van der Waals surface area (Å²) in [6.07, 6.45) is 0.734. The lowest BCUT2D eigenvalue weighted by molar-refractivity contribution is 0.284. The number of rotatable bonds is 10. The van der Waals surface area contributed by atoms with Gasteiger partial charge >= 0.3 is 0 Å². The summed E-state index contributed by atoms with van der Waals surface area (Å²) in [5.74, 6) is 1.05. The van der Waals surface area contributed by atoms with Gasteiger partial charge in [0.2, 0.25) is 10.0 Å². The molecule has 0 aliphatic rings. The molecule has 0 heterocycles. The molecular weight excluding hydrogens is 507 g/mol. The predicted octanol–water partition coefficient (Wildman–Crippen LogP) is 4.98. The van der Waals surface area contributed by atoms with Crippen LogP contribution >= 0.6 is 35.6 Å². The Kier molecular flexibility index (Phi) is 10.3. The van der Waals surface area contributed by atoms with E-state index in [1.54, 1.807) is 19.2 Å². The van der Waals surface area contributed by atoms with E-state index in [1.165, 1.54) is 12.1 Å². The Hall–Kier alpha value is -2.00. The van der Waals surface area contributed by atoms with Crippen molar-refractivity contribution in [2.75, 3.05) is 13.7 Å². The second kappa shape index (κ2) is 12.5. The van der Waals surface area contributed by atoms with Gasteiger partial charge in [-0.3, -0.25) is 0 Å². The summed E-state index contributed by atoms with van der Waals surface area (Å²) < 4.78 is 34.0. The maximum absolute atomic E-state index is 11.3. The van der Waals surface area contributed by atoms with E-state index in [1.807, 2.05) is 36.4 Å². The summed E-state index contributed by atoms with van der Waals surface area (Å²) >= 11 is 12.4. The molecule has 0 fully saturated rings. The standard InChI is InChI=1S/C23H24Cl2N2O4S.ClH/c1-30-22-13-18(12-21(25)23(22)31-15-17-2-6-19(24)7-3-17)14-27-11-10-16-4-8-20(9-5-16)32(26,28)29;/h2-9,12-13,27H,10-11,14-15H2,1H3,(H2,26,28,29);1H. The van der Waals surface area contributed by atoms with Crippen molar-refractivity contribution in [2.24, 2.45) is 5.14 Å². The summed E-state index contributed by atoms with van der Waals surface area (Å²) in [6, 6.07) is 17.7. The quantitative estimate of drug-likeness (QED) is 0.360. The van der Waals surface area contributed by atoms with Crippen LogP contribution in [0.25, 0.3) is 0 Å². The average Bonchev–Trinajstić information content (AvgIpc) is 2.76. The van der Waals surface area contributed by atoms with Crippen molar-refractivity contribution >= 4 is 45.6 Å². The van der Waals surface area contributed by atoms with Crippen LogP contribution < -0.4 is 19.9 Å². The van der Waals surface area contributed by atoms with Crippen LogP contribution in [0.2, 0.25) is 10.0 Å². The minimum Gasteiger partial charge on any atom is -0.493 e. The van der Waals surface area contributed by atoms with Crippen LogP contribution in [-0.2, 0) is 29.6 Å². The second-order valence-corrected chi connectivity index (χ2v) is 9.54. The van der Waals surface area contributed by atoms with Gasteiger partial charge in [-0.1, -0.05) is 47.5 Å². The molecule has 3 rings (SSSR count). The molecule has 6 nitrogen and oxygen atoms in total. The topological polar surface area (TPSA) is 90.6 Å². The Morgan fingerprint density at radius 3 is 2.18 bits per heavy atom. The maximum atomic E-state index is 11.3. The fourth-order valence-electron chi connectivity index (χ4n) is 3.06. The molecule has 0 saturated carbocycles. The van der Waals surface area contributed by atoms with Crippen LogP contribution in [0.3, 0.4) is 0 Å². The maximum Gasteiger partial charge on any atom is 0.238 e. The number of ether oxygens (including phenoxy) is 2. The van der Waals surface area contributed by atoms with Gasteiger partial charge in [0.25, 0.3) is 0 Å². The molecule has 10 heteroatoms. The Morgan fingerprint density at radius 1 is 0.939 bits per heavy atom. The largest absolute Gasteiger partial charge is 0.493 e. The first kappa shape index (κ1) is 27.2.